The molecular formula is C23H25N3O4. The van der Waals surface area contributed by atoms with E-state index in [1.54, 1.807) is 42.3 Å². The van der Waals surface area contributed by atoms with E-state index in [1.807, 2.05) is 18.2 Å². The molecule has 1 unspecified atom stereocenters. The molecule has 1 amide bonds. The first-order chi connectivity index (χ1) is 14.6. The second-order valence-electron chi connectivity index (χ2n) is 7.48. The Morgan fingerprint density at radius 2 is 2.03 bits per heavy atom. The van der Waals surface area contributed by atoms with Gasteiger partial charge in [0.1, 0.15) is 5.82 Å². The Hall–Kier alpha value is -3.03. The number of para-hydroxylation sites is 1. The van der Waals surface area contributed by atoms with Crippen molar-refractivity contribution >= 4 is 16.8 Å². The quantitative estimate of drug-likeness (QED) is 0.651. The molecule has 1 N–H and O–H groups in total. The third-order valence-electron chi connectivity index (χ3n) is 5.25. The molecule has 0 spiro atoms. The Morgan fingerprint density at radius 1 is 1.23 bits per heavy atom. The van der Waals surface area contributed by atoms with Crippen LogP contribution in [0.4, 0.5) is 0 Å². The molecule has 0 saturated carbocycles. The largest absolute Gasteiger partial charge is 0.380 e. The summed E-state index contributed by atoms with van der Waals surface area (Å²) in [5.41, 5.74) is 1.99. The van der Waals surface area contributed by atoms with Gasteiger partial charge in [0.15, 0.2) is 0 Å². The van der Waals surface area contributed by atoms with Gasteiger partial charge in [0.2, 0.25) is 0 Å². The van der Waals surface area contributed by atoms with Crippen molar-refractivity contribution in [3.05, 3.63) is 75.8 Å². The Morgan fingerprint density at radius 3 is 2.77 bits per heavy atom. The lowest BCUT2D eigenvalue weighted by Crippen LogP contribution is -2.37. The van der Waals surface area contributed by atoms with Gasteiger partial charge in [0.25, 0.3) is 11.5 Å². The van der Waals surface area contributed by atoms with Crippen molar-refractivity contribution in [3.8, 4) is 0 Å². The van der Waals surface area contributed by atoms with E-state index >= 15 is 0 Å². The SMILES string of the molecule is COCc1ccc(C(=O)N(Cc2nc3ccccc3c(=O)[nH]2)CC2CCCO2)cc1. The number of benzene rings is 2. The number of H-pyrrole nitrogens is 1. The lowest BCUT2D eigenvalue weighted by atomic mass is 10.1. The van der Waals surface area contributed by atoms with Gasteiger partial charge in [-0.05, 0) is 42.7 Å². The zero-order valence-electron chi connectivity index (χ0n) is 17.0. The molecule has 1 aliphatic heterocycles. The van der Waals surface area contributed by atoms with Gasteiger partial charge in [-0.25, -0.2) is 4.98 Å². The molecule has 3 aromatic rings. The van der Waals surface area contributed by atoms with Gasteiger partial charge in [-0.2, -0.15) is 0 Å². The van der Waals surface area contributed by atoms with Crippen LogP contribution >= 0.6 is 0 Å². The number of carbonyl (C=O) groups is 1. The van der Waals surface area contributed by atoms with Crippen LogP contribution in [0.3, 0.4) is 0 Å². The number of ether oxygens (including phenoxy) is 2. The van der Waals surface area contributed by atoms with Crippen molar-refractivity contribution in [3.63, 3.8) is 0 Å². The number of methoxy groups -OCH3 is 1. The molecule has 7 nitrogen and oxygen atoms in total. The molecule has 0 bridgehead atoms. The molecule has 7 heteroatoms. The van der Waals surface area contributed by atoms with Gasteiger partial charge in [-0.1, -0.05) is 24.3 Å². The molecule has 1 saturated heterocycles. The molecule has 0 radical (unpaired) electrons. The fourth-order valence-electron chi connectivity index (χ4n) is 3.74. The first-order valence-corrected chi connectivity index (χ1v) is 10.1. The molecule has 1 aliphatic rings. The molecule has 1 fully saturated rings. The highest BCUT2D eigenvalue weighted by Crippen LogP contribution is 2.17. The lowest BCUT2D eigenvalue weighted by Gasteiger charge is -2.25. The summed E-state index contributed by atoms with van der Waals surface area (Å²) < 4.78 is 10.9. The average Bonchev–Trinajstić information content (AvgIpc) is 3.27. The smallest absolute Gasteiger partial charge is 0.258 e. The average molecular weight is 407 g/mol. The molecule has 156 valence electrons. The molecule has 0 aliphatic carbocycles. The van der Waals surface area contributed by atoms with Gasteiger partial charge in [-0.3, -0.25) is 9.59 Å². The highest BCUT2D eigenvalue weighted by atomic mass is 16.5. The molecule has 2 heterocycles. The topological polar surface area (TPSA) is 84.5 Å². The summed E-state index contributed by atoms with van der Waals surface area (Å²) in [6.07, 6.45) is 1.90. The molecule has 1 atom stereocenters. The Bertz CT molecular complexity index is 1070. The van der Waals surface area contributed by atoms with Crippen LogP contribution in [0.5, 0.6) is 0 Å². The van der Waals surface area contributed by atoms with Crippen LogP contribution in [0.25, 0.3) is 10.9 Å². The van der Waals surface area contributed by atoms with E-state index in [4.69, 9.17) is 9.47 Å². The first kappa shape index (κ1) is 20.3. The predicted octanol–water partition coefficient (Wildman–Crippen LogP) is 2.89. The standard InChI is InChI=1S/C23H25N3O4/c1-29-15-16-8-10-17(11-9-16)23(28)26(13-18-5-4-12-30-18)14-21-24-20-7-3-2-6-19(20)22(27)25-21/h2-3,6-11,18H,4-5,12-15H2,1H3,(H,24,25,27). The van der Waals surface area contributed by atoms with Crippen LogP contribution < -0.4 is 5.56 Å². The first-order valence-electron chi connectivity index (χ1n) is 10.1. The van der Waals surface area contributed by atoms with Crippen molar-refractivity contribution in [2.24, 2.45) is 0 Å². The molecule has 4 rings (SSSR count). The van der Waals surface area contributed by atoms with E-state index in [-0.39, 0.29) is 24.1 Å². The zero-order valence-corrected chi connectivity index (χ0v) is 17.0. The van der Waals surface area contributed by atoms with E-state index in [1.165, 1.54) is 0 Å². The van der Waals surface area contributed by atoms with Crippen molar-refractivity contribution < 1.29 is 14.3 Å². The van der Waals surface area contributed by atoms with Crippen molar-refractivity contribution in [2.75, 3.05) is 20.3 Å². The van der Waals surface area contributed by atoms with Crippen LogP contribution in [-0.2, 0) is 22.6 Å². The summed E-state index contributed by atoms with van der Waals surface area (Å²) in [5.74, 6) is 0.339. The van der Waals surface area contributed by atoms with Crippen molar-refractivity contribution in [1.82, 2.24) is 14.9 Å². The zero-order chi connectivity index (χ0) is 20.9. The van der Waals surface area contributed by atoms with E-state index < -0.39 is 0 Å². The molecule has 2 aromatic carbocycles. The number of hydrogen-bond donors (Lipinski definition) is 1. The van der Waals surface area contributed by atoms with Crippen LogP contribution in [0, 0.1) is 0 Å². The number of aromatic amines is 1. The summed E-state index contributed by atoms with van der Waals surface area (Å²) in [6, 6.07) is 14.6. The highest BCUT2D eigenvalue weighted by molar-refractivity contribution is 5.94. The third-order valence-corrected chi connectivity index (χ3v) is 5.25. The Labute approximate surface area is 174 Å². The molecule has 30 heavy (non-hydrogen) atoms. The second kappa shape index (κ2) is 9.19. The summed E-state index contributed by atoms with van der Waals surface area (Å²) >= 11 is 0. The maximum Gasteiger partial charge on any atom is 0.258 e. The van der Waals surface area contributed by atoms with Crippen LogP contribution in [0.2, 0.25) is 0 Å². The predicted molar refractivity (Wildman–Crippen MR) is 113 cm³/mol. The normalized spacial score (nSPS) is 16.1. The van der Waals surface area contributed by atoms with Gasteiger partial charge in [0.05, 0.1) is 30.2 Å². The number of hydrogen-bond acceptors (Lipinski definition) is 5. The minimum atomic E-state index is -0.205. The van der Waals surface area contributed by atoms with Crippen LogP contribution in [0.15, 0.2) is 53.3 Å². The van der Waals surface area contributed by atoms with Gasteiger partial charge < -0.3 is 19.4 Å². The number of amides is 1. The second-order valence-corrected chi connectivity index (χ2v) is 7.48. The number of aromatic nitrogens is 2. The molecule has 1 aromatic heterocycles. The maximum atomic E-state index is 13.3. The maximum absolute atomic E-state index is 13.3. The minimum Gasteiger partial charge on any atom is -0.380 e. The Balaban J connectivity index is 1.60. The lowest BCUT2D eigenvalue weighted by molar-refractivity contribution is 0.0501. The van der Waals surface area contributed by atoms with Gasteiger partial charge in [0, 0.05) is 25.8 Å². The summed E-state index contributed by atoms with van der Waals surface area (Å²) in [7, 11) is 1.64. The Kier molecular flexibility index (Phi) is 6.21. The highest BCUT2D eigenvalue weighted by Gasteiger charge is 2.24. The van der Waals surface area contributed by atoms with E-state index in [9.17, 15) is 9.59 Å². The van der Waals surface area contributed by atoms with Gasteiger partial charge >= 0.3 is 0 Å². The number of fused-ring (bicyclic) bond motifs is 1. The summed E-state index contributed by atoms with van der Waals surface area (Å²) in [4.78, 5) is 34.8. The van der Waals surface area contributed by atoms with Crippen molar-refractivity contribution in [1.29, 1.82) is 0 Å². The van der Waals surface area contributed by atoms with E-state index in [2.05, 4.69) is 9.97 Å². The summed E-state index contributed by atoms with van der Waals surface area (Å²) in [5, 5.41) is 0.534. The van der Waals surface area contributed by atoms with Crippen LogP contribution in [0.1, 0.15) is 34.6 Å². The van der Waals surface area contributed by atoms with Gasteiger partial charge in [-0.15, -0.1) is 0 Å². The third kappa shape index (κ3) is 4.58. The monoisotopic (exact) mass is 407 g/mol. The van der Waals surface area contributed by atoms with Crippen LogP contribution in [-0.4, -0.2) is 47.1 Å². The fourth-order valence-corrected chi connectivity index (χ4v) is 3.74. The minimum absolute atomic E-state index is 0.00565. The van der Waals surface area contributed by atoms with E-state index in [0.717, 1.165) is 18.4 Å². The van der Waals surface area contributed by atoms with Crippen molar-refractivity contribution in [2.45, 2.75) is 32.1 Å². The number of carbonyl (C=O) groups excluding carboxylic acids is 1. The fraction of sp³-hybridized carbons (Fsp3) is 0.348. The number of nitrogens with one attached hydrogen (secondary N) is 1. The molecular weight excluding hydrogens is 382 g/mol. The van der Waals surface area contributed by atoms with E-state index in [0.29, 0.717) is 42.0 Å². The summed E-state index contributed by atoms with van der Waals surface area (Å²) in [6.45, 7) is 1.87. The number of nitrogens with zero attached hydrogens (tertiary/aromatic N) is 2. The number of rotatable bonds is 7.